The fraction of sp³-hybridized carbons (Fsp3) is 0.167. The molecule has 0 saturated carbocycles. The summed E-state index contributed by atoms with van der Waals surface area (Å²) >= 11 is 0. The first kappa shape index (κ1) is 20.3. The van der Waals surface area contributed by atoms with E-state index in [2.05, 4.69) is 15.1 Å². The van der Waals surface area contributed by atoms with Gasteiger partial charge in [0.1, 0.15) is 5.75 Å². The number of anilines is 3. The van der Waals surface area contributed by atoms with Gasteiger partial charge in [0, 0.05) is 43.1 Å². The highest BCUT2D eigenvalue weighted by Crippen LogP contribution is 2.29. The number of aromatic hydroxyl groups is 1. The highest BCUT2D eigenvalue weighted by Gasteiger charge is 2.20. The second-order valence-corrected chi connectivity index (χ2v) is 7.20. The van der Waals surface area contributed by atoms with Gasteiger partial charge in [0.2, 0.25) is 0 Å². The average Bonchev–Trinajstić information content (AvgIpc) is 2.81. The van der Waals surface area contributed by atoms with Gasteiger partial charge in [-0.2, -0.15) is 0 Å². The summed E-state index contributed by atoms with van der Waals surface area (Å²) in [6.45, 7) is 3.67. The van der Waals surface area contributed by atoms with Crippen LogP contribution in [0.1, 0.15) is 10.4 Å². The van der Waals surface area contributed by atoms with Gasteiger partial charge in [0.15, 0.2) is 5.75 Å². The molecule has 1 amide bonds. The Bertz CT molecular complexity index is 1040. The fourth-order valence-electron chi connectivity index (χ4n) is 3.65. The van der Waals surface area contributed by atoms with Crippen LogP contribution in [0.5, 0.6) is 11.5 Å². The summed E-state index contributed by atoms with van der Waals surface area (Å²) in [4.78, 5) is 27.7. The molecule has 2 N–H and O–H groups in total. The highest BCUT2D eigenvalue weighted by molar-refractivity contribution is 6.04. The first-order valence-electron chi connectivity index (χ1n) is 10.0. The minimum Gasteiger partial charge on any atom is -0.508 e. The van der Waals surface area contributed by atoms with Gasteiger partial charge >= 0.3 is 0 Å². The monoisotopic (exact) mass is 417 g/mol. The number of hydrogen-bond donors (Lipinski definition) is 2. The molecule has 4 rings (SSSR count). The first-order valence-corrected chi connectivity index (χ1v) is 10.0. The zero-order valence-electron chi connectivity index (χ0n) is 16.9. The summed E-state index contributed by atoms with van der Waals surface area (Å²) < 4.78 is 5.10. The van der Waals surface area contributed by atoms with E-state index >= 15 is 0 Å². The van der Waals surface area contributed by atoms with Crippen LogP contribution in [0.25, 0.3) is 0 Å². The number of phenolic OH excluding ortho intramolecular Hbond substituents is 1. The highest BCUT2D eigenvalue weighted by atomic mass is 16.5. The lowest BCUT2D eigenvalue weighted by molar-refractivity contribution is -0.120. The number of nitrogens with one attached hydrogen (secondary N) is 1. The molecule has 0 bridgehead atoms. The van der Waals surface area contributed by atoms with Crippen molar-refractivity contribution >= 4 is 29.4 Å². The Morgan fingerprint density at radius 2 is 1.52 bits per heavy atom. The number of ether oxygens (including phenoxy) is 1. The van der Waals surface area contributed by atoms with Crippen molar-refractivity contribution in [2.75, 3.05) is 41.3 Å². The van der Waals surface area contributed by atoms with Crippen LogP contribution < -0.4 is 19.9 Å². The minimum absolute atomic E-state index is 0.155. The molecule has 0 unspecified atom stereocenters. The lowest BCUT2D eigenvalue weighted by Crippen LogP contribution is -2.46. The second kappa shape index (κ2) is 9.21. The second-order valence-electron chi connectivity index (χ2n) is 7.20. The normalized spacial score (nSPS) is 13.5. The molecule has 0 radical (unpaired) electrons. The van der Waals surface area contributed by atoms with Crippen LogP contribution in [0.2, 0.25) is 0 Å². The van der Waals surface area contributed by atoms with Crippen molar-refractivity contribution in [2.45, 2.75) is 0 Å². The van der Waals surface area contributed by atoms with Crippen LogP contribution >= 0.6 is 0 Å². The zero-order valence-corrected chi connectivity index (χ0v) is 16.9. The number of amides is 1. The Morgan fingerprint density at radius 3 is 2.19 bits per heavy atom. The molecule has 1 aliphatic heterocycles. The number of rotatable bonds is 6. The summed E-state index contributed by atoms with van der Waals surface area (Å²) in [5.74, 6) is 0.519. The number of benzene rings is 3. The van der Waals surface area contributed by atoms with E-state index in [9.17, 15) is 14.7 Å². The molecule has 7 nitrogen and oxygen atoms in total. The molecule has 1 aliphatic rings. The Morgan fingerprint density at radius 1 is 0.871 bits per heavy atom. The molecule has 1 heterocycles. The summed E-state index contributed by atoms with van der Waals surface area (Å²) in [6, 6.07) is 21.4. The minimum atomic E-state index is -0.200. The van der Waals surface area contributed by atoms with Crippen molar-refractivity contribution in [2.24, 2.45) is 0 Å². The van der Waals surface area contributed by atoms with Gasteiger partial charge in [-0.05, 0) is 60.7 Å². The van der Waals surface area contributed by atoms with E-state index in [1.165, 1.54) is 12.1 Å². The van der Waals surface area contributed by atoms with Crippen LogP contribution in [0.3, 0.4) is 0 Å². The topological polar surface area (TPSA) is 82.1 Å². The zero-order chi connectivity index (χ0) is 21.6. The molecule has 7 heteroatoms. The third-order valence-corrected chi connectivity index (χ3v) is 5.28. The molecule has 158 valence electrons. The van der Waals surface area contributed by atoms with Crippen LogP contribution in [-0.4, -0.2) is 43.7 Å². The number of carbonyl (C=O) groups excluding carboxylic acids is 2. The van der Waals surface area contributed by atoms with Gasteiger partial charge in [0.25, 0.3) is 12.4 Å². The van der Waals surface area contributed by atoms with E-state index in [-0.39, 0.29) is 11.7 Å². The third kappa shape index (κ3) is 4.78. The van der Waals surface area contributed by atoms with Crippen LogP contribution in [0.15, 0.2) is 72.8 Å². The molecule has 0 spiro atoms. The van der Waals surface area contributed by atoms with Crippen molar-refractivity contribution in [3.63, 3.8) is 0 Å². The van der Waals surface area contributed by atoms with Gasteiger partial charge in [-0.1, -0.05) is 12.1 Å². The third-order valence-electron chi connectivity index (χ3n) is 5.28. The van der Waals surface area contributed by atoms with E-state index in [0.717, 1.165) is 37.6 Å². The molecule has 0 aromatic heterocycles. The van der Waals surface area contributed by atoms with E-state index in [0.29, 0.717) is 23.5 Å². The molecular weight excluding hydrogens is 394 g/mol. The number of phenols is 1. The molecule has 1 saturated heterocycles. The Balaban J connectivity index is 1.37. The summed E-state index contributed by atoms with van der Waals surface area (Å²) in [6.07, 6.45) is 0. The lowest BCUT2D eigenvalue weighted by atomic mass is 10.1. The average molecular weight is 417 g/mol. The molecule has 0 atom stereocenters. The summed E-state index contributed by atoms with van der Waals surface area (Å²) in [7, 11) is 0. The summed E-state index contributed by atoms with van der Waals surface area (Å²) in [5.41, 5.74) is 3.16. The summed E-state index contributed by atoms with van der Waals surface area (Å²) in [5, 5.41) is 12.2. The molecule has 3 aromatic carbocycles. The molecule has 0 aliphatic carbocycles. The number of para-hydroxylation sites is 2. The van der Waals surface area contributed by atoms with E-state index < -0.39 is 0 Å². The standard InChI is InChI=1S/C24H23N3O4/c28-17-31-23-4-2-1-3-22(23)27-15-13-26(14-16-27)20-9-5-18(6-10-20)24(30)25-19-7-11-21(29)12-8-19/h1-12,17,29H,13-16H2,(H,25,30). The van der Waals surface area contributed by atoms with Crippen molar-refractivity contribution < 1.29 is 19.4 Å². The van der Waals surface area contributed by atoms with Crippen molar-refractivity contribution in [3.05, 3.63) is 78.4 Å². The van der Waals surface area contributed by atoms with E-state index in [1.807, 2.05) is 42.5 Å². The van der Waals surface area contributed by atoms with Gasteiger partial charge < -0.3 is 25.0 Å². The van der Waals surface area contributed by atoms with Crippen molar-refractivity contribution in [3.8, 4) is 11.5 Å². The Hall–Kier alpha value is -4.00. The maximum absolute atomic E-state index is 12.4. The van der Waals surface area contributed by atoms with E-state index in [4.69, 9.17) is 4.74 Å². The van der Waals surface area contributed by atoms with Gasteiger partial charge in [0.05, 0.1) is 5.69 Å². The van der Waals surface area contributed by atoms with Crippen LogP contribution in [0, 0.1) is 0 Å². The van der Waals surface area contributed by atoms with Gasteiger partial charge in [-0.25, -0.2) is 0 Å². The van der Waals surface area contributed by atoms with Crippen molar-refractivity contribution in [1.29, 1.82) is 0 Å². The molecule has 1 fully saturated rings. The number of nitrogens with zero attached hydrogens (tertiary/aromatic N) is 2. The predicted octanol–water partition coefficient (Wildman–Crippen LogP) is 3.51. The first-order chi connectivity index (χ1) is 15.1. The number of carbonyl (C=O) groups is 2. The lowest BCUT2D eigenvalue weighted by Gasteiger charge is -2.37. The maximum Gasteiger partial charge on any atom is 0.298 e. The van der Waals surface area contributed by atoms with Crippen LogP contribution in [-0.2, 0) is 4.79 Å². The molecule has 3 aromatic rings. The van der Waals surface area contributed by atoms with Crippen molar-refractivity contribution in [1.82, 2.24) is 0 Å². The van der Waals surface area contributed by atoms with Crippen LogP contribution in [0.4, 0.5) is 17.1 Å². The smallest absolute Gasteiger partial charge is 0.298 e. The van der Waals surface area contributed by atoms with Gasteiger partial charge in [-0.15, -0.1) is 0 Å². The number of piperazine rings is 1. The Kier molecular flexibility index (Phi) is 6.03. The predicted molar refractivity (Wildman–Crippen MR) is 120 cm³/mol. The number of hydrogen-bond acceptors (Lipinski definition) is 6. The SMILES string of the molecule is O=COc1ccccc1N1CCN(c2ccc(C(=O)Nc3ccc(O)cc3)cc2)CC1. The van der Waals surface area contributed by atoms with Gasteiger partial charge in [-0.3, -0.25) is 9.59 Å². The largest absolute Gasteiger partial charge is 0.508 e. The molecular formula is C24H23N3O4. The fourth-order valence-corrected chi connectivity index (χ4v) is 3.65. The maximum atomic E-state index is 12.4. The quantitative estimate of drug-likeness (QED) is 0.472. The van der Waals surface area contributed by atoms with E-state index in [1.54, 1.807) is 18.2 Å². The Labute approximate surface area is 180 Å². The molecule has 31 heavy (non-hydrogen) atoms.